The van der Waals surface area contributed by atoms with Crippen LogP contribution < -0.4 is 10.2 Å². The van der Waals surface area contributed by atoms with Crippen LogP contribution in [-0.4, -0.2) is 11.7 Å². The summed E-state index contributed by atoms with van der Waals surface area (Å²) >= 11 is 3.20. The molecule has 0 unspecified atom stereocenters. The summed E-state index contributed by atoms with van der Waals surface area (Å²) in [5, 5.41) is 0.344. The smallest absolute Gasteiger partial charge is 0.189 e. The highest BCUT2D eigenvalue weighted by Gasteiger charge is 2.12. The van der Waals surface area contributed by atoms with Crippen molar-refractivity contribution in [1.29, 1.82) is 0 Å². The number of hydrogen-bond acceptors (Lipinski definition) is 2. The predicted octanol–water partition coefficient (Wildman–Crippen LogP) is 4.52. The first-order valence-corrected chi connectivity index (χ1v) is 7.87. The van der Waals surface area contributed by atoms with E-state index in [0.29, 0.717) is 15.4 Å². The van der Waals surface area contributed by atoms with Gasteiger partial charge in [0.05, 0.1) is 17.1 Å². The quantitative estimate of drug-likeness (QED) is 0.659. The number of methoxy groups -OCH3 is 1. The molecule has 0 saturated carbocycles. The molecule has 3 rings (SSSR count). The number of halogens is 2. The first-order chi connectivity index (χ1) is 10.9. The van der Waals surface area contributed by atoms with Gasteiger partial charge in [0.15, 0.2) is 5.43 Å². The molecule has 0 aliphatic carbocycles. The number of pyridine rings is 1. The maximum absolute atomic E-state index is 13.8. The van der Waals surface area contributed by atoms with Gasteiger partial charge in [0, 0.05) is 28.9 Å². The van der Waals surface area contributed by atoms with Crippen LogP contribution in [0.2, 0.25) is 0 Å². The molecular weight excluding hydrogens is 361 g/mol. The van der Waals surface area contributed by atoms with Crippen molar-refractivity contribution in [3.63, 3.8) is 0 Å². The topological polar surface area (TPSA) is 31.2 Å². The SMILES string of the molecule is COc1cc(C)cc(-n2c(C)cc(=O)c3cc(F)c(Br)cc32)c1. The third-order valence-corrected chi connectivity index (χ3v) is 4.37. The lowest BCUT2D eigenvalue weighted by Crippen LogP contribution is -2.11. The zero-order valence-corrected chi connectivity index (χ0v) is 14.6. The van der Waals surface area contributed by atoms with Gasteiger partial charge < -0.3 is 9.30 Å². The number of rotatable bonds is 2. The summed E-state index contributed by atoms with van der Waals surface area (Å²) in [5.41, 5.74) is 3.12. The fourth-order valence-electron chi connectivity index (χ4n) is 2.76. The normalized spacial score (nSPS) is 11.0. The summed E-state index contributed by atoms with van der Waals surface area (Å²) in [6.07, 6.45) is 0. The van der Waals surface area contributed by atoms with E-state index in [2.05, 4.69) is 15.9 Å². The number of hydrogen-bond donors (Lipinski definition) is 0. The first-order valence-electron chi connectivity index (χ1n) is 7.08. The average molecular weight is 376 g/mol. The first kappa shape index (κ1) is 15.7. The molecule has 1 heterocycles. The van der Waals surface area contributed by atoms with Crippen LogP contribution in [0.25, 0.3) is 16.6 Å². The highest BCUT2D eigenvalue weighted by molar-refractivity contribution is 9.10. The Morgan fingerprint density at radius 2 is 1.83 bits per heavy atom. The number of nitrogens with zero attached hydrogens (tertiary/aromatic N) is 1. The summed E-state index contributed by atoms with van der Waals surface area (Å²) in [5.74, 6) is 0.277. The van der Waals surface area contributed by atoms with E-state index in [1.54, 1.807) is 13.2 Å². The molecule has 2 aromatic carbocycles. The van der Waals surface area contributed by atoms with Crippen LogP contribution in [0, 0.1) is 19.7 Å². The minimum absolute atomic E-state index is 0.195. The van der Waals surface area contributed by atoms with Gasteiger partial charge in [0.25, 0.3) is 0 Å². The largest absolute Gasteiger partial charge is 0.497 e. The van der Waals surface area contributed by atoms with Crippen molar-refractivity contribution in [2.45, 2.75) is 13.8 Å². The number of benzene rings is 2. The third-order valence-electron chi connectivity index (χ3n) is 3.77. The van der Waals surface area contributed by atoms with Gasteiger partial charge in [-0.05, 0) is 59.6 Å². The highest BCUT2D eigenvalue weighted by Crippen LogP contribution is 2.27. The average Bonchev–Trinajstić information content (AvgIpc) is 2.49. The van der Waals surface area contributed by atoms with Crippen molar-refractivity contribution in [2.24, 2.45) is 0 Å². The second-order valence-electron chi connectivity index (χ2n) is 5.48. The Bertz CT molecular complexity index is 979. The van der Waals surface area contributed by atoms with Gasteiger partial charge in [-0.3, -0.25) is 4.79 Å². The molecule has 118 valence electrons. The molecule has 3 aromatic rings. The van der Waals surface area contributed by atoms with Crippen LogP contribution in [0.1, 0.15) is 11.3 Å². The van der Waals surface area contributed by atoms with Crippen LogP contribution in [-0.2, 0) is 0 Å². The molecule has 0 N–H and O–H groups in total. The number of aromatic nitrogens is 1. The van der Waals surface area contributed by atoms with Gasteiger partial charge >= 0.3 is 0 Å². The zero-order valence-electron chi connectivity index (χ0n) is 13.0. The van der Waals surface area contributed by atoms with Crippen molar-refractivity contribution in [2.75, 3.05) is 7.11 Å². The Labute approximate surface area is 141 Å². The number of aryl methyl sites for hydroxylation is 2. The van der Waals surface area contributed by atoms with Crippen LogP contribution in [0.15, 0.2) is 45.7 Å². The molecule has 5 heteroatoms. The standard InChI is InChI=1S/C18H15BrFNO2/c1-10-4-12(7-13(5-10)23-3)21-11(2)6-18(22)14-8-16(20)15(19)9-17(14)21/h4-9H,1-3H3. The lowest BCUT2D eigenvalue weighted by atomic mass is 10.1. The molecule has 23 heavy (non-hydrogen) atoms. The number of ether oxygens (including phenoxy) is 1. The summed E-state index contributed by atoms with van der Waals surface area (Å²) in [4.78, 5) is 12.2. The van der Waals surface area contributed by atoms with Crippen molar-refractivity contribution < 1.29 is 9.13 Å². The van der Waals surface area contributed by atoms with Gasteiger partial charge in [-0.25, -0.2) is 4.39 Å². The number of fused-ring (bicyclic) bond motifs is 1. The molecule has 0 radical (unpaired) electrons. The Morgan fingerprint density at radius 3 is 2.52 bits per heavy atom. The van der Waals surface area contributed by atoms with E-state index < -0.39 is 5.82 Å². The summed E-state index contributed by atoms with van der Waals surface area (Å²) in [6.45, 7) is 3.83. The van der Waals surface area contributed by atoms with Crippen LogP contribution in [0.3, 0.4) is 0 Å². The van der Waals surface area contributed by atoms with E-state index in [4.69, 9.17) is 4.74 Å². The van der Waals surface area contributed by atoms with Crippen molar-refractivity contribution in [3.05, 3.63) is 68.2 Å². The molecule has 0 aliphatic rings. The molecule has 3 nitrogen and oxygen atoms in total. The zero-order chi connectivity index (χ0) is 16.7. The van der Waals surface area contributed by atoms with E-state index in [1.165, 1.54) is 12.1 Å². The third kappa shape index (κ3) is 2.77. The molecule has 0 fully saturated rings. The summed E-state index contributed by atoms with van der Waals surface area (Å²) in [7, 11) is 1.61. The maximum Gasteiger partial charge on any atom is 0.189 e. The van der Waals surface area contributed by atoms with E-state index in [-0.39, 0.29) is 5.43 Å². The van der Waals surface area contributed by atoms with Crippen molar-refractivity contribution >= 4 is 26.8 Å². The molecule has 0 bridgehead atoms. The van der Waals surface area contributed by atoms with Crippen molar-refractivity contribution in [1.82, 2.24) is 4.57 Å². The van der Waals surface area contributed by atoms with E-state index in [9.17, 15) is 9.18 Å². The lowest BCUT2D eigenvalue weighted by Gasteiger charge is -2.17. The molecule has 0 amide bonds. The van der Waals surface area contributed by atoms with Gasteiger partial charge in [-0.15, -0.1) is 0 Å². The molecular formula is C18H15BrFNO2. The van der Waals surface area contributed by atoms with Crippen LogP contribution >= 0.6 is 15.9 Å². The van der Waals surface area contributed by atoms with E-state index in [1.807, 2.05) is 36.6 Å². The van der Waals surface area contributed by atoms with Gasteiger partial charge in [-0.2, -0.15) is 0 Å². The monoisotopic (exact) mass is 375 g/mol. The fourth-order valence-corrected chi connectivity index (χ4v) is 3.09. The Morgan fingerprint density at radius 1 is 1.09 bits per heavy atom. The second-order valence-corrected chi connectivity index (χ2v) is 6.33. The molecule has 1 aromatic heterocycles. The Hall–Kier alpha value is -2.14. The molecule has 0 saturated heterocycles. The van der Waals surface area contributed by atoms with Crippen LogP contribution in [0.4, 0.5) is 4.39 Å². The van der Waals surface area contributed by atoms with Crippen LogP contribution in [0.5, 0.6) is 5.75 Å². The minimum atomic E-state index is -0.452. The summed E-state index contributed by atoms with van der Waals surface area (Å²) in [6, 6.07) is 10.2. The van der Waals surface area contributed by atoms with Gasteiger partial charge in [0.2, 0.25) is 0 Å². The van der Waals surface area contributed by atoms with Gasteiger partial charge in [0.1, 0.15) is 11.6 Å². The second kappa shape index (κ2) is 5.81. The lowest BCUT2D eigenvalue weighted by molar-refractivity contribution is 0.414. The van der Waals surface area contributed by atoms with Gasteiger partial charge in [-0.1, -0.05) is 0 Å². The maximum atomic E-state index is 13.8. The fraction of sp³-hybridized carbons (Fsp3) is 0.167. The molecule has 0 aliphatic heterocycles. The predicted molar refractivity (Wildman–Crippen MR) is 93.2 cm³/mol. The summed E-state index contributed by atoms with van der Waals surface area (Å²) < 4.78 is 21.4. The van der Waals surface area contributed by atoms with E-state index in [0.717, 1.165) is 22.7 Å². The van der Waals surface area contributed by atoms with Crippen molar-refractivity contribution in [3.8, 4) is 11.4 Å². The Balaban J connectivity index is 2.44. The molecule has 0 spiro atoms. The highest BCUT2D eigenvalue weighted by atomic mass is 79.9. The molecule has 0 atom stereocenters. The Kier molecular flexibility index (Phi) is 3.98. The minimum Gasteiger partial charge on any atom is -0.497 e. The van der Waals surface area contributed by atoms with E-state index >= 15 is 0 Å².